The maximum absolute atomic E-state index is 12.9. The Morgan fingerprint density at radius 3 is 2.50 bits per heavy atom. The fourth-order valence-corrected chi connectivity index (χ4v) is 2.21. The zero-order valence-corrected chi connectivity index (χ0v) is 11.6. The Balaban J connectivity index is 2.31. The van der Waals surface area contributed by atoms with Gasteiger partial charge >= 0.3 is 0 Å². The van der Waals surface area contributed by atoms with Crippen molar-refractivity contribution in [2.24, 2.45) is 0 Å². The van der Waals surface area contributed by atoms with Crippen LogP contribution in [0.25, 0.3) is 0 Å². The summed E-state index contributed by atoms with van der Waals surface area (Å²) < 4.78 is 18.2. The lowest BCUT2D eigenvalue weighted by molar-refractivity contribution is 0.408. The Labute approximate surface area is 118 Å². The Morgan fingerprint density at radius 1 is 1.20 bits per heavy atom. The molecule has 102 valence electrons. The summed E-state index contributed by atoms with van der Waals surface area (Å²) >= 11 is 0. The minimum Gasteiger partial charge on any atom is -0.496 e. The molecule has 0 saturated heterocycles. The Bertz CT molecular complexity index is 628. The standard InChI is InChI=1S/C17H16FNO/c1-12-3-8-17(20-2)16(9-12)14(11-19)10-13-4-6-15(18)7-5-13/h3-9,14H,10H2,1-2H3. The van der Waals surface area contributed by atoms with Gasteiger partial charge in [-0.15, -0.1) is 0 Å². The molecule has 3 heteroatoms. The number of aryl methyl sites for hydroxylation is 1. The summed E-state index contributed by atoms with van der Waals surface area (Å²) in [6, 6.07) is 14.4. The maximum Gasteiger partial charge on any atom is 0.123 e. The van der Waals surface area contributed by atoms with E-state index in [-0.39, 0.29) is 11.7 Å². The lowest BCUT2D eigenvalue weighted by Gasteiger charge is -2.14. The molecule has 2 rings (SSSR count). The maximum atomic E-state index is 12.9. The zero-order chi connectivity index (χ0) is 14.5. The molecule has 0 spiro atoms. The average molecular weight is 269 g/mol. The average Bonchev–Trinajstić information content (AvgIpc) is 2.46. The predicted molar refractivity (Wildman–Crippen MR) is 76.2 cm³/mol. The van der Waals surface area contributed by atoms with Gasteiger partial charge in [-0.2, -0.15) is 5.26 Å². The third kappa shape index (κ3) is 3.16. The van der Waals surface area contributed by atoms with Crippen LogP contribution in [0, 0.1) is 24.1 Å². The van der Waals surface area contributed by atoms with Gasteiger partial charge in [0.05, 0.1) is 19.1 Å². The number of ether oxygens (including phenoxy) is 1. The van der Waals surface area contributed by atoms with E-state index in [1.165, 1.54) is 12.1 Å². The van der Waals surface area contributed by atoms with Gasteiger partial charge in [0, 0.05) is 5.56 Å². The van der Waals surface area contributed by atoms with E-state index in [9.17, 15) is 9.65 Å². The van der Waals surface area contributed by atoms with Crippen LogP contribution < -0.4 is 4.74 Å². The van der Waals surface area contributed by atoms with Crippen molar-refractivity contribution in [2.45, 2.75) is 19.3 Å². The fraction of sp³-hybridized carbons (Fsp3) is 0.235. The van der Waals surface area contributed by atoms with Crippen molar-refractivity contribution in [1.82, 2.24) is 0 Å². The quantitative estimate of drug-likeness (QED) is 0.840. The molecule has 1 atom stereocenters. The monoisotopic (exact) mass is 269 g/mol. The number of halogens is 1. The van der Waals surface area contributed by atoms with E-state index in [0.717, 1.165) is 16.7 Å². The number of methoxy groups -OCH3 is 1. The molecule has 0 aliphatic heterocycles. The van der Waals surface area contributed by atoms with Crippen molar-refractivity contribution in [3.8, 4) is 11.8 Å². The van der Waals surface area contributed by atoms with Crippen molar-refractivity contribution >= 4 is 0 Å². The summed E-state index contributed by atoms with van der Waals surface area (Å²) in [5.41, 5.74) is 2.89. The highest BCUT2D eigenvalue weighted by Crippen LogP contribution is 2.30. The molecular weight excluding hydrogens is 253 g/mol. The molecule has 0 aliphatic carbocycles. The minimum atomic E-state index is -0.310. The summed E-state index contributed by atoms with van der Waals surface area (Å²) in [5.74, 6) is 0.134. The Hall–Kier alpha value is -2.34. The third-order valence-electron chi connectivity index (χ3n) is 3.27. The van der Waals surface area contributed by atoms with Gasteiger partial charge in [-0.3, -0.25) is 0 Å². The molecule has 0 aromatic heterocycles. The van der Waals surface area contributed by atoms with Gasteiger partial charge in [-0.25, -0.2) is 4.39 Å². The minimum absolute atomic E-state index is 0.268. The van der Waals surface area contributed by atoms with Crippen molar-refractivity contribution in [3.63, 3.8) is 0 Å². The number of nitriles is 1. The van der Waals surface area contributed by atoms with Crippen LogP contribution in [0.4, 0.5) is 4.39 Å². The van der Waals surface area contributed by atoms with E-state index in [2.05, 4.69) is 6.07 Å². The van der Waals surface area contributed by atoms with Crippen LogP contribution in [0.15, 0.2) is 42.5 Å². The molecule has 0 N–H and O–H groups in total. The summed E-state index contributed by atoms with van der Waals surface area (Å²) in [4.78, 5) is 0. The van der Waals surface area contributed by atoms with Crippen molar-refractivity contribution in [1.29, 1.82) is 5.26 Å². The van der Waals surface area contributed by atoms with E-state index in [0.29, 0.717) is 12.2 Å². The number of hydrogen-bond acceptors (Lipinski definition) is 2. The molecule has 0 aliphatic rings. The summed E-state index contributed by atoms with van der Waals surface area (Å²) in [7, 11) is 1.60. The highest BCUT2D eigenvalue weighted by molar-refractivity contribution is 5.42. The fourth-order valence-electron chi connectivity index (χ4n) is 2.21. The molecule has 0 amide bonds. The van der Waals surface area contributed by atoms with E-state index in [1.54, 1.807) is 19.2 Å². The number of rotatable bonds is 4. The number of nitrogens with zero attached hydrogens (tertiary/aromatic N) is 1. The molecular formula is C17H16FNO. The second kappa shape index (κ2) is 6.21. The molecule has 0 fully saturated rings. The molecule has 0 saturated carbocycles. The predicted octanol–water partition coefficient (Wildman–Crippen LogP) is 3.99. The topological polar surface area (TPSA) is 33.0 Å². The van der Waals surface area contributed by atoms with E-state index >= 15 is 0 Å². The second-order valence-corrected chi connectivity index (χ2v) is 4.76. The van der Waals surface area contributed by atoms with Crippen LogP contribution in [0.3, 0.4) is 0 Å². The van der Waals surface area contributed by atoms with Gasteiger partial charge in [0.2, 0.25) is 0 Å². The van der Waals surface area contributed by atoms with Gasteiger partial charge in [0.1, 0.15) is 11.6 Å². The van der Waals surface area contributed by atoms with E-state index in [4.69, 9.17) is 4.74 Å². The summed E-state index contributed by atoms with van der Waals surface area (Å²) in [6.07, 6.45) is 0.538. The van der Waals surface area contributed by atoms with Crippen molar-refractivity contribution < 1.29 is 9.13 Å². The van der Waals surface area contributed by atoms with Crippen LogP contribution in [0.5, 0.6) is 5.75 Å². The van der Waals surface area contributed by atoms with Gasteiger partial charge in [-0.05, 0) is 37.1 Å². The molecule has 2 aromatic carbocycles. The van der Waals surface area contributed by atoms with Crippen molar-refractivity contribution in [3.05, 3.63) is 65.0 Å². The van der Waals surface area contributed by atoms with Crippen LogP contribution in [0.1, 0.15) is 22.6 Å². The Kier molecular flexibility index (Phi) is 4.37. The van der Waals surface area contributed by atoms with Crippen LogP contribution >= 0.6 is 0 Å². The smallest absolute Gasteiger partial charge is 0.123 e. The third-order valence-corrected chi connectivity index (χ3v) is 3.27. The molecule has 0 radical (unpaired) electrons. The normalized spacial score (nSPS) is 11.7. The van der Waals surface area contributed by atoms with E-state index < -0.39 is 0 Å². The molecule has 20 heavy (non-hydrogen) atoms. The van der Waals surface area contributed by atoms with Crippen LogP contribution in [0.2, 0.25) is 0 Å². The number of hydrogen-bond donors (Lipinski definition) is 0. The molecule has 2 aromatic rings. The first-order valence-electron chi connectivity index (χ1n) is 6.42. The Morgan fingerprint density at radius 2 is 1.90 bits per heavy atom. The second-order valence-electron chi connectivity index (χ2n) is 4.76. The van der Waals surface area contributed by atoms with Crippen LogP contribution in [-0.2, 0) is 6.42 Å². The molecule has 1 unspecified atom stereocenters. The van der Waals surface area contributed by atoms with E-state index in [1.807, 2.05) is 25.1 Å². The lowest BCUT2D eigenvalue weighted by atomic mass is 9.91. The van der Waals surface area contributed by atoms with Gasteiger partial charge < -0.3 is 4.74 Å². The zero-order valence-electron chi connectivity index (χ0n) is 11.6. The first kappa shape index (κ1) is 14.1. The first-order valence-corrected chi connectivity index (χ1v) is 6.42. The summed E-state index contributed by atoms with van der Waals surface area (Å²) in [5, 5.41) is 9.43. The van der Waals surface area contributed by atoms with Gasteiger partial charge in [-0.1, -0.05) is 29.8 Å². The molecule has 0 bridgehead atoms. The highest BCUT2D eigenvalue weighted by Gasteiger charge is 2.16. The van der Waals surface area contributed by atoms with Crippen LogP contribution in [-0.4, -0.2) is 7.11 Å². The highest BCUT2D eigenvalue weighted by atomic mass is 19.1. The van der Waals surface area contributed by atoms with Gasteiger partial charge in [0.25, 0.3) is 0 Å². The summed E-state index contributed by atoms with van der Waals surface area (Å²) in [6.45, 7) is 1.98. The lowest BCUT2D eigenvalue weighted by Crippen LogP contribution is -2.03. The van der Waals surface area contributed by atoms with Crippen molar-refractivity contribution in [2.75, 3.05) is 7.11 Å². The molecule has 2 nitrogen and oxygen atoms in total. The number of benzene rings is 2. The SMILES string of the molecule is COc1ccc(C)cc1C(C#N)Cc1ccc(F)cc1. The van der Waals surface area contributed by atoms with Gasteiger partial charge in [0.15, 0.2) is 0 Å². The molecule has 0 heterocycles. The first-order chi connectivity index (χ1) is 9.63. The largest absolute Gasteiger partial charge is 0.496 e.